The first kappa shape index (κ1) is 15.5. The first-order valence-electron chi connectivity index (χ1n) is 7.49. The number of rotatable bonds is 4. The maximum absolute atomic E-state index is 5.86. The number of anilines is 2. The molecule has 112 valence electrons. The third kappa shape index (κ3) is 3.61. The summed E-state index contributed by atoms with van der Waals surface area (Å²) < 4.78 is 0. The number of benzene rings is 1. The van der Waals surface area contributed by atoms with E-state index in [-0.39, 0.29) is 5.41 Å². The predicted molar refractivity (Wildman–Crippen MR) is 90.0 cm³/mol. The first-order chi connectivity index (χ1) is 9.95. The smallest absolute Gasteiger partial charge is 0.133 e. The van der Waals surface area contributed by atoms with Crippen LogP contribution >= 0.6 is 0 Å². The van der Waals surface area contributed by atoms with Crippen molar-refractivity contribution >= 4 is 11.5 Å². The second kappa shape index (κ2) is 6.27. The van der Waals surface area contributed by atoms with E-state index in [2.05, 4.69) is 69.0 Å². The summed E-state index contributed by atoms with van der Waals surface area (Å²) in [5, 5.41) is 0. The highest BCUT2D eigenvalue weighted by molar-refractivity contribution is 5.60. The van der Waals surface area contributed by atoms with Crippen LogP contribution in [0.25, 0.3) is 0 Å². The van der Waals surface area contributed by atoms with E-state index in [0.29, 0.717) is 6.54 Å². The molecule has 0 radical (unpaired) electrons. The minimum absolute atomic E-state index is 0.00995. The van der Waals surface area contributed by atoms with E-state index in [0.717, 1.165) is 29.3 Å². The largest absolute Gasteiger partial charge is 0.327 e. The summed E-state index contributed by atoms with van der Waals surface area (Å²) in [5.74, 6) is 0.969. The molecule has 3 heteroatoms. The molecular formula is C18H25N3. The van der Waals surface area contributed by atoms with Crippen molar-refractivity contribution in [1.29, 1.82) is 0 Å². The average molecular weight is 283 g/mol. The zero-order valence-electron chi connectivity index (χ0n) is 13.4. The summed E-state index contributed by atoms with van der Waals surface area (Å²) in [5.41, 5.74) is 9.23. The molecular weight excluding hydrogens is 258 g/mol. The molecule has 1 aromatic carbocycles. The van der Waals surface area contributed by atoms with Gasteiger partial charge in [-0.1, -0.05) is 39.0 Å². The molecule has 2 rings (SSSR count). The summed E-state index contributed by atoms with van der Waals surface area (Å²) in [6.45, 7) is 10.1. The Balaban J connectivity index is 2.51. The Hall–Kier alpha value is -1.87. The fourth-order valence-electron chi connectivity index (χ4n) is 2.30. The van der Waals surface area contributed by atoms with Gasteiger partial charge in [-0.25, -0.2) is 4.98 Å². The van der Waals surface area contributed by atoms with Crippen molar-refractivity contribution in [3.63, 3.8) is 0 Å². The average Bonchev–Trinajstić information content (AvgIpc) is 2.48. The lowest BCUT2D eigenvalue weighted by Gasteiger charge is -2.26. The number of aromatic nitrogens is 1. The van der Waals surface area contributed by atoms with Gasteiger partial charge in [0.15, 0.2) is 0 Å². The fraction of sp³-hybridized carbons (Fsp3) is 0.389. The third-order valence-corrected chi connectivity index (χ3v) is 3.54. The Bertz CT molecular complexity index is 585. The maximum Gasteiger partial charge on any atom is 0.133 e. The van der Waals surface area contributed by atoms with Crippen LogP contribution in [0.15, 0.2) is 42.5 Å². The van der Waals surface area contributed by atoms with Crippen LogP contribution in [-0.4, -0.2) is 11.5 Å². The molecule has 2 N–H and O–H groups in total. The topological polar surface area (TPSA) is 42.1 Å². The first-order valence-corrected chi connectivity index (χ1v) is 7.49. The van der Waals surface area contributed by atoms with Gasteiger partial charge in [-0.15, -0.1) is 0 Å². The molecule has 0 spiro atoms. The van der Waals surface area contributed by atoms with Gasteiger partial charge in [0, 0.05) is 29.9 Å². The van der Waals surface area contributed by atoms with Gasteiger partial charge in [-0.3, -0.25) is 0 Å². The van der Waals surface area contributed by atoms with Gasteiger partial charge in [0.1, 0.15) is 5.82 Å². The van der Waals surface area contributed by atoms with Crippen molar-refractivity contribution in [3.05, 3.63) is 53.7 Å². The molecule has 2 aromatic rings. The lowest BCUT2D eigenvalue weighted by molar-refractivity contribution is 0.567. The van der Waals surface area contributed by atoms with Gasteiger partial charge < -0.3 is 10.6 Å². The van der Waals surface area contributed by atoms with Gasteiger partial charge >= 0.3 is 0 Å². The van der Waals surface area contributed by atoms with Crippen molar-refractivity contribution in [2.45, 2.75) is 39.7 Å². The number of nitrogens with zero attached hydrogens (tertiary/aromatic N) is 2. The summed E-state index contributed by atoms with van der Waals surface area (Å²) in [6.07, 6.45) is 0. The molecule has 0 aliphatic rings. The molecule has 0 aliphatic carbocycles. The Morgan fingerprint density at radius 3 is 2.29 bits per heavy atom. The van der Waals surface area contributed by atoms with Crippen molar-refractivity contribution in [1.82, 2.24) is 4.98 Å². The normalized spacial score (nSPS) is 11.5. The fourth-order valence-corrected chi connectivity index (χ4v) is 2.30. The van der Waals surface area contributed by atoms with E-state index in [4.69, 9.17) is 10.7 Å². The zero-order valence-corrected chi connectivity index (χ0v) is 13.4. The van der Waals surface area contributed by atoms with Crippen LogP contribution in [0.2, 0.25) is 0 Å². The molecule has 0 unspecified atom stereocenters. The molecule has 1 aromatic heterocycles. The molecule has 0 atom stereocenters. The molecule has 0 amide bonds. The van der Waals surface area contributed by atoms with Gasteiger partial charge in [0.25, 0.3) is 0 Å². The number of nitrogens with two attached hydrogens (primary N) is 1. The predicted octanol–water partition coefficient (Wildman–Crippen LogP) is 4.00. The summed E-state index contributed by atoms with van der Waals surface area (Å²) in [4.78, 5) is 7.09. The Labute approximate surface area is 127 Å². The van der Waals surface area contributed by atoms with E-state index in [1.165, 1.54) is 0 Å². The highest BCUT2D eigenvalue weighted by Crippen LogP contribution is 2.28. The molecule has 3 nitrogen and oxygen atoms in total. The monoisotopic (exact) mass is 283 g/mol. The van der Waals surface area contributed by atoms with Crippen molar-refractivity contribution in [2.75, 3.05) is 11.4 Å². The highest BCUT2D eigenvalue weighted by Gasteiger charge is 2.19. The van der Waals surface area contributed by atoms with Gasteiger partial charge in [-0.2, -0.15) is 0 Å². The summed E-state index contributed by atoms with van der Waals surface area (Å²) in [7, 11) is 0. The second-order valence-electron chi connectivity index (χ2n) is 6.25. The summed E-state index contributed by atoms with van der Waals surface area (Å²) >= 11 is 0. The molecule has 0 saturated heterocycles. The number of para-hydroxylation sites is 1. The maximum atomic E-state index is 5.86. The molecule has 1 heterocycles. The Morgan fingerprint density at radius 1 is 1.10 bits per heavy atom. The van der Waals surface area contributed by atoms with E-state index >= 15 is 0 Å². The Kier molecular flexibility index (Phi) is 4.63. The minimum Gasteiger partial charge on any atom is -0.327 e. The molecule has 0 saturated carbocycles. The van der Waals surface area contributed by atoms with Crippen molar-refractivity contribution in [2.24, 2.45) is 5.73 Å². The highest BCUT2D eigenvalue weighted by atomic mass is 15.2. The molecule has 0 fully saturated rings. The minimum atomic E-state index is 0.00995. The van der Waals surface area contributed by atoms with E-state index in [1.807, 2.05) is 6.07 Å². The van der Waals surface area contributed by atoms with Gasteiger partial charge in [0.05, 0.1) is 0 Å². The number of hydrogen-bond donors (Lipinski definition) is 1. The van der Waals surface area contributed by atoms with Crippen LogP contribution in [0.5, 0.6) is 0 Å². The van der Waals surface area contributed by atoms with E-state index < -0.39 is 0 Å². The molecule has 21 heavy (non-hydrogen) atoms. The van der Waals surface area contributed by atoms with Crippen molar-refractivity contribution < 1.29 is 0 Å². The van der Waals surface area contributed by atoms with Crippen LogP contribution in [0, 0.1) is 0 Å². The zero-order chi connectivity index (χ0) is 15.5. The van der Waals surface area contributed by atoms with Gasteiger partial charge in [-0.05, 0) is 36.8 Å². The SMILES string of the molecule is CCN(c1ccccc1)c1cc(CN)cc(C(C)(C)C)n1. The number of hydrogen-bond acceptors (Lipinski definition) is 3. The number of pyridine rings is 1. The standard InChI is InChI=1S/C18H25N3/c1-5-21(15-9-7-6-8-10-15)17-12-14(13-19)11-16(20-17)18(2,3)4/h6-12H,5,13,19H2,1-4H3. The van der Waals surface area contributed by atoms with Crippen LogP contribution in [0.1, 0.15) is 39.0 Å². The van der Waals surface area contributed by atoms with E-state index in [1.54, 1.807) is 0 Å². The van der Waals surface area contributed by atoms with Crippen LogP contribution in [0.4, 0.5) is 11.5 Å². The van der Waals surface area contributed by atoms with Gasteiger partial charge in [0.2, 0.25) is 0 Å². The van der Waals surface area contributed by atoms with Crippen LogP contribution in [0.3, 0.4) is 0 Å². The molecule has 0 bridgehead atoms. The lowest BCUT2D eigenvalue weighted by Crippen LogP contribution is -2.21. The lowest BCUT2D eigenvalue weighted by atomic mass is 9.90. The van der Waals surface area contributed by atoms with Crippen LogP contribution in [-0.2, 0) is 12.0 Å². The van der Waals surface area contributed by atoms with E-state index in [9.17, 15) is 0 Å². The third-order valence-electron chi connectivity index (χ3n) is 3.54. The summed E-state index contributed by atoms with van der Waals surface area (Å²) in [6, 6.07) is 14.6. The molecule has 0 aliphatic heterocycles. The quantitative estimate of drug-likeness (QED) is 0.922. The Morgan fingerprint density at radius 2 is 1.76 bits per heavy atom. The van der Waals surface area contributed by atoms with Crippen LogP contribution < -0.4 is 10.6 Å². The van der Waals surface area contributed by atoms with Crippen molar-refractivity contribution in [3.8, 4) is 0 Å². The second-order valence-corrected chi connectivity index (χ2v) is 6.25.